The number of aliphatic hydroxyl groups excluding tert-OH is 1. The quantitative estimate of drug-likeness (QED) is 0.599. The molecule has 0 bridgehead atoms. The van der Waals surface area contributed by atoms with Crippen LogP contribution in [0.15, 0.2) is 18.3 Å². The summed E-state index contributed by atoms with van der Waals surface area (Å²) in [4.78, 5) is 3.90. The average Bonchev–Trinajstić information content (AvgIpc) is 2.18. The second-order valence-corrected chi connectivity index (χ2v) is 3.65. The number of anilines is 1. The third-order valence-corrected chi connectivity index (χ3v) is 2.12. The highest BCUT2D eigenvalue weighted by molar-refractivity contribution is 5.32. The Morgan fingerprint density at radius 1 is 1.60 bits per heavy atom. The van der Waals surface area contributed by atoms with Crippen molar-refractivity contribution in [2.45, 2.75) is 25.9 Å². The Balaban J connectivity index is 2.34. The predicted molar refractivity (Wildman–Crippen MR) is 61.5 cm³/mol. The highest BCUT2D eigenvalue weighted by Gasteiger charge is 2.05. The molecule has 0 aliphatic carbocycles. The average molecular weight is 209 g/mol. The third kappa shape index (κ3) is 4.76. The van der Waals surface area contributed by atoms with Crippen molar-refractivity contribution >= 4 is 5.82 Å². The monoisotopic (exact) mass is 209 g/mol. The lowest BCUT2D eigenvalue weighted by Gasteiger charge is -2.11. The normalized spacial score (nSPS) is 12.7. The van der Waals surface area contributed by atoms with Crippen molar-refractivity contribution < 1.29 is 5.11 Å². The molecule has 1 aromatic heterocycles. The molecule has 4 N–H and O–H groups in total. The maximum atomic E-state index is 9.70. The Labute approximate surface area is 90.5 Å². The summed E-state index contributed by atoms with van der Waals surface area (Å²) in [5, 5.41) is 12.9. The summed E-state index contributed by atoms with van der Waals surface area (Å²) in [6.45, 7) is 3.66. The van der Waals surface area contributed by atoms with Crippen LogP contribution in [0.25, 0.3) is 0 Å². The third-order valence-electron chi connectivity index (χ3n) is 2.12. The lowest BCUT2D eigenvalue weighted by Crippen LogP contribution is -2.28. The van der Waals surface area contributed by atoms with Gasteiger partial charge in [-0.1, -0.05) is 6.92 Å². The molecule has 0 aliphatic heterocycles. The number of hydrogen-bond donors (Lipinski definition) is 3. The van der Waals surface area contributed by atoms with Gasteiger partial charge in [-0.05, 0) is 37.1 Å². The van der Waals surface area contributed by atoms with Crippen molar-refractivity contribution in [1.82, 2.24) is 10.3 Å². The Kier molecular flexibility index (Phi) is 5.07. The maximum Gasteiger partial charge on any atom is 0.123 e. The zero-order valence-electron chi connectivity index (χ0n) is 9.11. The highest BCUT2D eigenvalue weighted by atomic mass is 16.3. The van der Waals surface area contributed by atoms with E-state index >= 15 is 0 Å². The Morgan fingerprint density at radius 2 is 2.40 bits per heavy atom. The molecule has 0 spiro atoms. The molecule has 0 aromatic carbocycles. The summed E-state index contributed by atoms with van der Waals surface area (Å²) in [5.41, 5.74) is 6.57. The van der Waals surface area contributed by atoms with Gasteiger partial charge >= 0.3 is 0 Å². The molecule has 1 atom stereocenters. The zero-order chi connectivity index (χ0) is 11.1. The zero-order valence-corrected chi connectivity index (χ0v) is 9.11. The lowest BCUT2D eigenvalue weighted by atomic mass is 10.1. The summed E-state index contributed by atoms with van der Waals surface area (Å²) in [6.07, 6.45) is 2.99. The van der Waals surface area contributed by atoms with E-state index in [1.807, 2.05) is 6.07 Å². The van der Waals surface area contributed by atoms with Gasteiger partial charge in [0.1, 0.15) is 5.82 Å². The Morgan fingerprint density at radius 3 is 3.07 bits per heavy atom. The van der Waals surface area contributed by atoms with Crippen LogP contribution in [-0.2, 0) is 6.42 Å². The molecule has 0 aliphatic rings. The van der Waals surface area contributed by atoms with E-state index in [0.717, 1.165) is 18.5 Å². The molecule has 4 nitrogen and oxygen atoms in total. The van der Waals surface area contributed by atoms with Gasteiger partial charge in [0.15, 0.2) is 0 Å². The number of rotatable bonds is 6. The molecular formula is C11H19N3O. The van der Waals surface area contributed by atoms with Crippen molar-refractivity contribution in [2.24, 2.45) is 0 Å². The predicted octanol–water partition coefficient (Wildman–Crippen LogP) is 0.567. The molecule has 1 aromatic rings. The first kappa shape index (κ1) is 11.9. The van der Waals surface area contributed by atoms with Gasteiger partial charge in [-0.25, -0.2) is 4.98 Å². The Hall–Kier alpha value is -1.13. The molecular weight excluding hydrogens is 190 g/mol. The molecule has 0 saturated carbocycles. The van der Waals surface area contributed by atoms with Crippen molar-refractivity contribution in [1.29, 1.82) is 0 Å². The van der Waals surface area contributed by atoms with E-state index in [4.69, 9.17) is 5.73 Å². The first-order valence-corrected chi connectivity index (χ1v) is 5.31. The number of aromatic nitrogens is 1. The van der Waals surface area contributed by atoms with Crippen molar-refractivity contribution in [2.75, 3.05) is 18.8 Å². The van der Waals surface area contributed by atoms with E-state index in [1.165, 1.54) is 0 Å². The first-order valence-electron chi connectivity index (χ1n) is 5.31. The fraction of sp³-hybridized carbons (Fsp3) is 0.545. The summed E-state index contributed by atoms with van der Waals surface area (Å²) in [7, 11) is 0. The summed E-state index contributed by atoms with van der Waals surface area (Å²) in [5.74, 6) is 0.501. The molecule has 1 rings (SSSR count). The number of hydrogen-bond acceptors (Lipinski definition) is 4. The summed E-state index contributed by atoms with van der Waals surface area (Å²) >= 11 is 0. The van der Waals surface area contributed by atoms with Gasteiger partial charge in [0.2, 0.25) is 0 Å². The van der Waals surface area contributed by atoms with Crippen LogP contribution in [0.1, 0.15) is 18.9 Å². The smallest absolute Gasteiger partial charge is 0.123 e. The molecule has 0 amide bonds. The molecule has 15 heavy (non-hydrogen) atoms. The maximum absolute atomic E-state index is 9.70. The van der Waals surface area contributed by atoms with Gasteiger partial charge in [-0.15, -0.1) is 0 Å². The molecule has 4 heteroatoms. The number of nitrogens with one attached hydrogen (secondary N) is 1. The van der Waals surface area contributed by atoms with Gasteiger partial charge in [0.25, 0.3) is 0 Å². The van der Waals surface area contributed by atoms with Gasteiger partial charge in [-0.3, -0.25) is 0 Å². The van der Waals surface area contributed by atoms with Crippen LogP contribution in [0.3, 0.4) is 0 Å². The van der Waals surface area contributed by atoms with Crippen LogP contribution in [-0.4, -0.2) is 29.3 Å². The second kappa shape index (κ2) is 6.37. The molecule has 0 fully saturated rings. The minimum absolute atomic E-state index is 0.363. The van der Waals surface area contributed by atoms with Crippen molar-refractivity contribution in [3.8, 4) is 0 Å². The van der Waals surface area contributed by atoms with Crippen molar-refractivity contribution in [3.05, 3.63) is 23.9 Å². The van der Waals surface area contributed by atoms with Crippen LogP contribution < -0.4 is 11.1 Å². The van der Waals surface area contributed by atoms with E-state index < -0.39 is 0 Å². The van der Waals surface area contributed by atoms with E-state index in [0.29, 0.717) is 18.8 Å². The fourth-order valence-electron chi connectivity index (χ4n) is 1.41. The second-order valence-electron chi connectivity index (χ2n) is 3.65. The summed E-state index contributed by atoms with van der Waals surface area (Å²) in [6, 6.07) is 3.67. The van der Waals surface area contributed by atoms with Gasteiger partial charge in [0, 0.05) is 12.7 Å². The van der Waals surface area contributed by atoms with Crippen molar-refractivity contribution in [3.63, 3.8) is 0 Å². The molecule has 0 saturated heterocycles. The van der Waals surface area contributed by atoms with E-state index in [1.54, 1.807) is 12.3 Å². The minimum Gasteiger partial charge on any atom is -0.391 e. The van der Waals surface area contributed by atoms with Gasteiger partial charge in [0.05, 0.1) is 6.10 Å². The summed E-state index contributed by atoms with van der Waals surface area (Å²) < 4.78 is 0. The first-order chi connectivity index (χ1) is 7.22. The van der Waals surface area contributed by atoms with E-state index in [9.17, 15) is 5.11 Å². The number of nitrogen functional groups attached to an aromatic ring is 1. The topological polar surface area (TPSA) is 71.2 Å². The molecule has 84 valence electrons. The van der Waals surface area contributed by atoms with Gasteiger partial charge in [-0.2, -0.15) is 0 Å². The number of nitrogens with two attached hydrogens (primary N) is 1. The number of pyridine rings is 1. The standard InChI is InChI=1S/C11H19N3O/c1-2-4-13-8-10(15)6-9-3-5-14-11(12)7-9/h3,5,7,10,13,15H,2,4,6,8H2,1H3,(H2,12,14). The van der Waals surface area contributed by atoms with Crippen LogP contribution in [0, 0.1) is 0 Å². The Bertz CT molecular complexity index is 291. The van der Waals surface area contributed by atoms with Crippen LogP contribution >= 0.6 is 0 Å². The largest absolute Gasteiger partial charge is 0.391 e. The fourth-order valence-corrected chi connectivity index (χ4v) is 1.41. The van der Waals surface area contributed by atoms with Crippen LogP contribution in [0.4, 0.5) is 5.82 Å². The molecule has 1 heterocycles. The van der Waals surface area contributed by atoms with Crippen LogP contribution in [0.5, 0.6) is 0 Å². The molecule has 1 unspecified atom stereocenters. The van der Waals surface area contributed by atoms with Crippen LogP contribution in [0.2, 0.25) is 0 Å². The van der Waals surface area contributed by atoms with E-state index in [-0.39, 0.29) is 6.10 Å². The SMILES string of the molecule is CCCNCC(O)Cc1ccnc(N)c1. The molecule has 0 radical (unpaired) electrons. The van der Waals surface area contributed by atoms with E-state index in [2.05, 4.69) is 17.2 Å². The highest BCUT2D eigenvalue weighted by Crippen LogP contribution is 2.05. The lowest BCUT2D eigenvalue weighted by molar-refractivity contribution is 0.172. The minimum atomic E-state index is -0.363. The number of aliphatic hydroxyl groups is 1. The van der Waals surface area contributed by atoms with Gasteiger partial charge < -0.3 is 16.2 Å². The number of nitrogens with zero attached hydrogens (tertiary/aromatic N) is 1.